The van der Waals surface area contributed by atoms with Crippen molar-refractivity contribution in [3.8, 4) is 22.3 Å². The van der Waals surface area contributed by atoms with Gasteiger partial charge in [0, 0.05) is 51.2 Å². The van der Waals surface area contributed by atoms with Gasteiger partial charge in [-0.25, -0.2) is 0 Å². The van der Waals surface area contributed by atoms with Gasteiger partial charge in [0.1, 0.15) is 0 Å². The second-order valence-electron chi connectivity index (χ2n) is 21.3. The molecule has 0 heterocycles. The molecule has 0 saturated heterocycles. The van der Waals surface area contributed by atoms with E-state index in [0.29, 0.717) is 0 Å². The lowest BCUT2D eigenvalue weighted by Crippen LogP contribution is -2.31. The maximum absolute atomic E-state index is 2.38. The molecule has 84 heavy (non-hydrogen) atoms. The summed E-state index contributed by atoms with van der Waals surface area (Å²) < 4.78 is 0. The van der Waals surface area contributed by atoms with E-state index in [0.717, 1.165) is 73.4 Å². The predicted octanol–water partition coefficient (Wildman–Crippen LogP) is 22.1. The normalized spacial score (nSPS) is 11.3. The molecule has 0 aromatic heterocycles. The molecule has 0 aliphatic heterocycles. The number of para-hydroxylation sites is 2. The quantitative estimate of drug-likeness (QED) is 0.0948. The lowest BCUT2D eigenvalue weighted by molar-refractivity contribution is 0.745. The molecule has 0 amide bonds. The van der Waals surface area contributed by atoms with Gasteiger partial charge in [-0.3, -0.25) is 0 Å². The van der Waals surface area contributed by atoms with Crippen LogP contribution in [0.4, 0.5) is 51.2 Å². The van der Waals surface area contributed by atoms with E-state index in [1.165, 1.54) is 43.8 Å². The van der Waals surface area contributed by atoms with Gasteiger partial charge in [0.05, 0.1) is 5.41 Å². The summed E-state index contributed by atoms with van der Waals surface area (Å²) in [4.78, 5) is 7.04. The zero-order chi connectivity index (χ0) is 56.1. The SMILES string of the molecule is c1ccc(N(c2ccc(-c3ccc(N(c4ccc(-c5ccc(N(c6ccccc6)c6ccc7ccccc7c6)cc5)cc4)c4ccc(C(c5ccccc5)(c5ccccc5)c5ccccc5)cc4)cc3)cc2)c2ccc3ccccc3c2)cc1. The van der Waals surface area contributed by atoms with Crippen molar-refractivity contribution in [1.82, 2.24) is 0 Å². The van der Waals surface area contributed by atoms with Crippen molar-refractivity contribution in [2.45, 2.75) is 5.41 Å². The molecule has 0 N–H and O–H groups in total. The maximum Gasteiger partial charge on any atom is 0.0701 e. The van der Waals surface area contributed by atoms with E-state index in [-0.39, 0.29) is 0 Å². The Hall–Kier alpha value is -11.0. The van der Waals surface area contributed by atoms with Gasteiger partial charge in [-0.05, 0) is 175 Å². The van der Waals surface area contributed by atoms with Crippen LogP contribution in [0.5, 0.6) is 0 Å². The first-order valence-electron chi connectivity index (χ1n) is 28.8. The van der Waals surface area contributed by atoms with Crippen molar-refractivity contribution in [3.05, 3.63) is 380 Å². The van der Waals surface area contributed by atoms with Crippen molar-refractivity contribution in [2.75, 3.05) is 14.7 Å². The number of rotatable bonds is 15. The summed E-state index contributed by atoms with van der Waals surface area (Å²) in [6.07, 6.45) is 0. The molecule has 0 radical (unpaired) electrons. The standard InChI is InChI=1S/C81H59N3/c1-6-24-68(25-7-1)81(69-26-8-2-9-27-69,70-28-10-3-11-29-70)71-44-56-78(57-45-71)82(74-46-34-62(35-47-74)64-38-50-76(51-39-64)83(72-30-12-4-13-31-72)79-54-42-60-20-16-18-22-66(60)58-79)75-48-36-63(37-49-75)65-40-52-77(53-41-65)84(73-32-14-5-15-33-73)80-55-43-61-21-17-19-23-67(61)59-80/h1-59H. The van der Waals surface area contributed by atoms with Gasteiger partial charge in [-0.2, -0.15) is 0 Å². The Morgan fingerprint density at radius 3 is 0.679 bits per heavy atom. The Morgan fingerprint density at radius 1 is 0.155 bits per heavy atom. The minimum atomic E-state index is -0.567. The Bertz CT molecular complexity index is 4170. The molecule has 0 atom stereocenters. The van der Waals surface area contributed by atoms with E-state index in [9.17, 15) is 0 Å². The molecule has 3 nitrogen and oxygen atoms in total. The Labute approximate surface area is 492 Å². The zero-order valence-corrected chi connectivity index (χ0v) is 46.4. The Morgan fingerprint density at radius 2 is 0.369 bits per heavy atom. The van der Waals surface area contributed by atoms with Crippen LogP contribution in [0.2, 0.25) is 0 Å². The molecule has 0 aliphatic carbocycles. The summed E-state index contributed by atoms with van der Waals surface area (Å²) in [5.41, 5.74) is 18.6. The fourth-order valence-electron chi connectivity index (χ4n) is 12.3. The summed E-state index contributed by atoms with van der Waals surface area (Å²) in [6.45, 7) is 0. The van der Waals surface area contributed by atoms with Crippen LogP contribution < -0.4 is 14.7 Å². The molecule has 14 aromatic rings. The molecule has 0 aliphatic rings. The van der Waals surface area contributed by atoms with E-state index in [2.05, 4.69) is 373 Å². The molecule has 0 unspecified atom stereocenters. The topological polar surface area (TPSA) is 9.72 Å². The molecule has 0 bridgehead atoms. The molecule has 0 saturated carbocycles. The van der Waals surface area contributed by atoms with Crippen LogP contribution in [-0.4, -0.2) is 0 Å². The van der Waals surface area contributed by atoms with Crippen LogP contribution in [0.25, 0.3) is 43.8 Å². The third-order valence-corrected chi connectivity index (χ3v) is 16.4. The lowest BCUT2D eigenvalue weighted by atomic mass is 9.65. The largest absolute Gasteiger partial charge is 0.311 e. The van der Waals surface area contributed by atoms with Gasteiger partial charge in [0.2, 0.25) is 0 Å². The Kier molecular flexibility index (Phi) is 13.9. The number of nitrogens with zero attached hydrogens (tertiary/aromatic N) is 3. The van der Waals surface area contributed by atoms with E-state index < -0.39 is 5.41 Å². The number of benzene rings is 14. The number of fused-ring (bicyclic) bond motifs is 2. The third-order valence-electron chi connectivity index (χ3n) is 16.4. The highest BCUT2D eigenvalue weighted by Gasteiger charge is 2.38. The first kappa shape index (κ1) is 51.2. The summed E-state index contributed by atoms with van der Waals surface area (Å²) in [6, 6.07) is 130. The van der Waals surface area contributed by atoms with Crippen molar-refractivity contribution >= 4 is 72.7 Å². The van der Waals surface area contributed by atoms with Crippen LogP contribution in [0.3, 0.4) is 0 Å². The number of hydrogen-bond donors (Lipinski definition) is 0. The summed E-state index contributed by atoms with van der Waals surface area (Å²) in [7, 11) is 0. The van der Waals surface area contributed by atoms with Crippen LogP contribution in [0.1, 0.15) is 22.3 Å². The van der Waals surface area contributed by atoms with E-state index in [1.54, 1.807) is 0 Å². The highest BCUT2D eigenvalue weighted by atomic mass is 15.2. The average molecular weight is 1070 g/mol. The monoisotopic (exact) mass is 1070 g/mol. The third kappa shape index (κ3) is 9.95. The van der Waals surface area contributed by atoms with Gasteiger partial charge in [0.15, 0.2) is 0 Å². The predicted molar refractivity (Wildman–Crippen MR) is 355 cm³/mol. The van der Waals surface area contributed by atoms with Gasteiger partial charge < -0.3 is 14.7 Å². The van der Waals surface area contributed by atoms with Crippen molar-refractivity contribution in [1.29, 1.82) is 0 Å². The summed E-state index contributed by atoms with van der Waals surface area (Å²) >= 11 is 0. The number of anilines is 9. The summed E-state index contributed by atoms with van der Waals surface area (Å²) in [5, 5.41) is 4.87. The highest BCUT2D eigenvalue weighted by molar-refractivity contribution is 5.91. The Balaban J connectivity index is 0.822. The van der Waals surface area contributed by atoms with Crippen LogP contribution in [-0.2, 0) is 5.41 Å². The zero-order valence-electron chi connectivity index (χ0n) is 46.4. The first-order valence-corrected chi connectivity index (χ1v) is 28.8. The highest BCUT2D eigenvalue weighted by Crippen LogP contribution is 2.47. The van der Waals surface area contributed by atoms with Gasteiger partial charge in [-0.15, -0.1) is 0 Å². The van der Waals surface area contributed by atoms with Crippen molar-refractivity contribution < 1.29 is 0 Å². The molecule has 398 valence electrons. The van der Waals surface area contributed by atoms with Crippen LogP contribution in [0, 0.1) is 0 Å². The molecular weight excluding hydrogens is 1010 g/mol. The minimum absolute atomic E-state index is 0.567. The van der Waals surface area contributed by atoms with E-state index >= 15 is 0 Å². The number of hydrogen-bond acceptors (Lipinski definition) is 3. The fourth-order valence-corrected chi connectivity index (χ4v) is 12.3. The smallest absolute Gasteiger partial charge is 0.0701 e. The molecule has 0 spiro atoms. The fraction of sp³-hybridized carbons (Fsp3) is 0.0123. The van der Waals surface area contributed by atoms with Crippen molar-refractivity contribution in [2.24, 2.45) is 0 Å². The van der Waals surface area contributed by atoms with Crippen LogP contribution in [0.15, 0.2) is 358 Å². The molecule has 3 heteroatoms. The van der Waals surface area contributed by atoms with Gasteiger partial charge in [-0.1, -0.05) is 249 Å². The first-order chi connectivity index (χ1) is 41.6. The second-order valence-corrected chi connectivity index (χ2v) is 21.3. The van der Waals surface area contributed by atoms with E-state index in [4.69, 9.17) is 0 Å². The lowest BCUT2D eigenvalue weighted by Gasteiger charge is -2.37. The average Bonchev–Trinajstić information content (AvgIpc) is 1.30. The molecular formula is C81H59N3. The van der Waals surface area contributed by atoms with Gasteiger partial charge in [0.25, 0.3) is 0 Å². The van der Waals surface area contributed by atoms with E-state index in [1.807, 2.05) is 0 Å². The molecule has 14 aromatic carbocycles. The van der Waals surface area contributed by atoms with Crippen LogP contribution >= 0.6 is 0 Å². The molecule has 14 rings (SSSR count). The maximum atomic E-state index is 2.38. The van der Waals surface area contributed by atoms with Gasteiger partial charge >= 0.3 is 0 Å². The summed E-state index contributed by atoms with van der Waals surface area (Å²) in [5.74, 6) is 0. The molecule has 0 fully saturated rings. The van der Waals surface area contributed by atoms with Crippen molar-refractivity contribution in [3.63, 3.8) is 0 Å². The minimum Gasteiger partial charge on any atom is -0.311 e. The second kappa shape index (κ2) is 22.9.